The Morgan fingerprint density at radius 2 is 0.512 bits per heavy atom. The molecule has 0 unspecified atom stereocenters. The summed E-state index contributed by atoms with van der Waals surface area (Å²) in [5.74, 6) is 0. The topological polar surface area (TPSA) is 9.86 Å². The van der Waals surface area contributed by atoms with Crippen LogP contribution in [0.15, 0.2) is 449 Å². The standard InChI is InChI=1S/C44H27N.C40H25N.C38H22S/c1-2-9-28(10-3-1)33-25-34(36-22-19-32-18-17-30-12-8-13-31-20-23-38(36)43(32)42(30)31)27-35(26-33)45-40-16-7-6-15-39(40)44-37-14-5-4-11-29(37)21-24-41(44)45;1-2-9-26(10-3-1)31-21-17-27-20-24-36-32(22-18-28-19-23-35(31)39(27)40(28)36)29-11-8-12-30(25-29)41-37-15-6-4-13-33(37)34-14-5-7-16-38(34)41;1-2-10-35-32(7-1)34-9-4-8-31(38(34)39-35)28-16-12-23-11-15-27(21-29(23)22-28)30-19-17-26-14-13-24-5-3-6-25-18-20-33(30)37(26)36(24)25/h1-27H;1-25H;1-22H. The molecular formula is C122H74N2S. The summed E-state index contributed by atoms with van der Waals surface area (Å²) in [5.41, 5.74) is 22.3. The highest BCUT2D eigenvalue weighted by molar-refractivity contribution is 7.26. The largest absolute Gasteiger partial charge is 0.309 e. The van der Waals surface area contributed by atoms with Crippen LogP contribution in [0.4, 0.5) is 0 Å². The number of thiophene rings is 1. The van der Waals surface area contributed by atoms with Crippen molar-refractivity contribution in [3.05, 3.63) is 449 Å². The maximum Gasteiger partial charge on any atom is 0.0547 e. The summed E-state index contributed by atoms with van der Waals surface area (Å²) in [6, 6.07) is 165. The van der Waals surface area contributed by atoms with Crippen molar-refractivity contribution in [1.82, 2.24) is 9.13 Å². The zero-order valence-corrected chi connectivity index (χ0v) is 68.8. The number of aromatic nitrogens is 2. The summed E-state index contributed by atoms with van der Waals surface area (Å²) >= 11 is 1.89. The molecular weight excluding hydrogens is 1530 g/mol. The SMILES string of the molecule is c1cc2ccc3ccc(-c4ccc5ccc(-c6cccc7c6sc6ccccc67)cc5c4)c4ccc(c1)c2c34.c1ccc(-c2cc(-c3ccc4ccc5cccc6ccc3c4c56)cc(-n3c4ccccc4c4c5ccccc5ccc43)c2)cc1.c1ccc(-c2ccc3ccc4c(-c5cccc(-n6c7ccccc7c7ccccc76)c5)ccc5ccc2c3c54)cc1. The molecule has 3 aromatic heterocycles. The van der Waals surface area contributed by atoms with E-state index in [0.717, 1.165) is 0 Å². The Bertz CT molecular complexity index is 9160. The lowest BCUT2D eigenvalue weighted by Gasteiger charge is -2.17. The summed E-state index contributed by atoms with van der Waals surface area (Å²) in [6.07, 6.45) is 0. The first-order valence-electron chi connectivity index (χ1n) is 43.2. The lowest BCUT2D eigenvalue weighted by molar-refractivity contribution is 1.18. The molecule has 25 aromatic carbocycles. The zero-order chi connectivity index (χ0) is 81.9. The van der Waals surface area contributed by atoms with Gasteiger partial charge in [-0.2, -0.15) is 0 Å². The number of nitrogens with zero attached hydrogens (tertiary/aromatic N) is 2. The van der Waals surface area contributed by atoms with Crippen molar-refractivity contribution in [2.75, 3.05) is 0 Å². The Kier molecular flexibility index (Phi) is 16.0. The number of para-hydroxylation sites is 3. The minimum Gasteiger partial charge on any atom is -0.309 e. The van der Waals surface area contributed by atoms with Crippen molar-refractivity contribution < 1.29 is 0 Å². The lowest BCUT2D eigenvalue weighted by Crippen LogP contribution is -1.96. The van der Waals surface area contributed by atoms with Crippen molar-refractivity contribution in [2.45, 2.75) is 0 Å². The molecule has 0 fully saturated rings. The molecule has 0 atom stereocenters. The highest BCUT2D eigenvalue weighted by Gasteiger charge is 2.23. The predicted octanol–water partition coefficient (Wildman–Crippen LogP) is 34.6. The van der Waals surface area contributed by atoms with Crippen LogP contribution < -0.4 is 0 Å². The highest BCUT2D eigenvalue weighted by atomic mass is 32.1. The van der Waals surface area contributed by atoms with E-state index in [0.29, 0.717) is 0 Å². The maximum atomic E-state index is 2.46. The summed E-state index contributed by atoms with van der Waals surface area (Å²) < 4.78 is 7.57. The van der Waals surface area contributed by atoms with Gasteiger partial charge in [-0.05, 0) is 258 Å². The number of rotatable bonds is 8. The van der Waals surface area contributed by atoms with Gasteiger partial charge in [-0.15, -0.1) is 11.3 Å². The molecule has 0 aliphatic carbocycles. The van der Waals surface area contributed by atoms with E-state index in [-0.39, 0.29) is 0 Å². The van der Waals surface area contributed by atoms with Crippen LogP contribution in [-0.2, 0) is 0 Å². The highest BCUT2D eigenvalue weighted by Crippen LogP contribution is 2.49. The number of hydrogen-bond acceptors (Lipinski definition) is 1. The van der Waals surface area contributed by atoms with Crippen LogP contribution in [0.5, 0.6) is 0 Å². The Morgan fingerprint density at radius 1 is 0.144 bits per heavy atom. The van der Waals surface area contributed by atoms with Crippen LogP contribution in [0.3, 0.4) is 0 Å². The summed E-state index contributed by atoms with van der Waals surface area (Å²) in [5, 5.41) is 36.6. The quantitative estimate of drug-likeness (QED) is 0.134. The van der Waals surface area contributed by atoms with E-state index in [1.165, 1.54) is 260 Å². The second kappa shape index (κ2) is 28.3. The molecule has 578 valence electrons. The van der Waals surface area contributed by atoms with Gasteiger partial charge in [0.2, 0.25) is 0 Å². The van der Waals surface area contributed by atoms with E-state index < -0.39 is 0 Å². The Labute approximate surface area is 724 Å². The first kappa shape index (κ1) is 70.8. The van der Waals surface area contributed by atoms with Crippen molar-refractivity contribution in [2.24, 2.45) is 0 Å². The van der Waals surface area contributed by atoms with Gasteiger partial charge in [-0.25, -0.2) is 0 Å². The summed E-state index contributed by atoms with van der Waals surface area (Å²) in [7, 11) is 0. The minimum atomic E-state index is 1.17. The van der Waals surface area contributed by atoms with E-state index in [1.807, 2.05) is 11.3 Å². The molecule has 0 aliphatic heterocycles. The number of benzene rings is 25. The Hall–Kier alpha value is -16.0. The molecule has 3 heteroatoms. The van der Waals surface area contributed by atoms with Gasteiger partial charge in [0.15, 0.2) is 0 Å². The number of hydrogen-bond donors (Lipinski definition) is 0. The van der Waals surface area contributed by atoms with Gasteiger partial charge in [0.1, 0.15) is 0 Å². The summed E-state index contributed by atoms with van der Waals surface area (Å²) in [6.45, 7) is 0. The van der Waals surface area contributed by atoms with Crippen LogP contribution in [0.25, 0.3) is 260 Å². The van der Waals surface area contributed by atoms with Crippen LogP contribution in [-0.4, -0.2) is 9.13 Å². The smallest absolute Gasteiger partial charge is 0.0547 e. The molecule has 0 radical (unpaired) electrons. The van der Waals surface area contributed by atoms with Gasteiger partial charge >= 0.3 is 0 Å². The summed E-state index contributed by atoms with van der Waals surface area (Å²) in [4.78, 5) is 0. The van der Waals surface area contributed by atoms with Crippen molar-refractivity contribution in [3.63, 3.8) is 0 Å². The fourth-order valence-electron chi connectivity index (χ4n) is 21.2. The molecule has 0 saturated carbocycles. The zero-order valence-electron chi connectivity index (χ0n) is 68.0. The second-order valence-electron chi connectivity index (χ2n) is 33.6. The van der Waals surface area contributed by atoms with E-state index in [2.05, 4.69) is 458 Å². The van der Waals surface area contributed by atoms with E-state index in [1.54, 1.807) is 0 Å². The molecule has 0 N–H and O–H groups in total. The molecule has 125 heavy (non-hydrogen) atoms. The first-order valence-corrected chi connectivity index (χ1v) is 44.1. The third kappa shape index (κ3) is 11.3. The molecule has 0 amide bonds. The van der Waals surface area contributed by atoms with Crippen LogP contribution in [0.1, 0.15) is 0 Å². The van der Waals surface area contributed by atoms with Crippen molar-refractivity contribution >= 4 is 194 Å². The monoisotopic (exact) mass is 1600 g/mol. The fraction of sp³-hybridized carbons (Fsp3) is 0. The van der Waals surface area contributed by atoms with Crippen LogP contribution in [0.2, 0.25) is 0 Å². The van der Waals surface area contributed by atoms with E-state index in [9.17, 15) is 0 Å². The van der Waals surface area contributed by atoms with Gasteiger partial charge in [0.05, 0.1) is 22.1 Å². The fourth-order valence-corrected chi connectivity index (χ4v) is 22.4. The van der Waals surface area contributed by atoms with Gasteiger partial charge < -0.3 is 9.13 Å². The average Bonchev–Trinajstić information content (AvgIpc) is 1.71. The third-order valence-electron chi connectivity index (χ3n) is 26.8. The molecule has 0 saturated heterocycles. The minimum absolute atomic E-state index is 1.17. The predicted molar refractivity (Wildman–Crippen MR) is 540 cm³/mol. The Balaban J connectivity index is 0.000000100. The molecule has 3 heterocycles. The van der Waals surface area contributed by atoms with Crippen LogP contribution >= 0.6 is 11.3 Å². The normalized spacial score (nSPS) is 12.0. The van der Waals surface area contributed by atoms with E-state index in [4.69, 9.17) is 0 Å². The Morgan fingerprint density at radius 3 is 1.10 bits per heavy atom. The van der Waals surface area contributed by atoms with Gasteiger partial charge in [-0.3, -0.25) is 0 Å². The molecule has 2 nitrogen and oxygen atoms in total. The number of fused-ring (bicyclic) bond motifs is 12. The van der Waals surface area contributed by atoms with E-state index >= 15 is 0 Å². The third-order valence-corrected chi connectivity index (χ3v) is 28.0. The second-order valence-corrected chi connectivity index (χ2v) is 34.7. The molecule has 0 bridgehead atoms. The molecule has 0 aliphatic rings. The van der Waals surface area contributed by atoms with Crippen molar-refractivity contribution in [3.8, 4) is 78.1 Å². The molecule has 0 spiro atoms. The van der Waals surface area contributed by atoms with Gasteiger partial charge in [0, 0.05) is 53.1 Å². The maximum absolute atomic E-state index is 2.46. The van der Waals surface area contributed by atoms with Crippen LogP contribution in [0, 0.1) is 0 Å². The first-order chi connectivity index (χ1) is 62.0. The molecule has 28 aromatic rings. The van der Waals surface area contributed by atoms with Gasteiger partial charge in [-0.1, -0.05) is 376 Å². The molecule has 28 rings (SSSR count). The lowest BCUT2D eigenvalue weighted by atomic mass is 9.87. The average molecular weight is 1600 g/mol. The van der Waals surface area contributed by atoms with Crippen molar-refractivity contribution in [1.29, 1.82) is 0 Å². The van der Waals surface area contributed by atoms with Gasteiger partial charge in [0.25, 0.3) is 0 Å².